The number of rotatable bonds is 5. The molecule has 0 unspecified atom stereocenters. The summed E-state index contributed by atoms with van der Waals surface area (Å²) in [6.45, 7) is 7.72. The van der Waals surface area contributed by atoms with Gasteiger partial charge in [-0.1, -0.05) is 13.8 Å². The van der Waals surface area contributed by atoms with E-state index in [2.05, 4.69) is 42.9 Å². The highest BCUT2D eigenvalue weighted by Crippen LogP contribution is 2.22. The fourth-order valence-corrected chi connectivity index (χ4v) is 2.81. The average molecular weight is 290 g/mol. The minimum atomic E-state index is 0.402. The van der Waals surface area contributed by atoms with E-state index < -0.39 is 0 Å². The molecular formula is C15H22N4S. The molecule has 5 heteroatoms. The van der Waals surface area contributed by atoms with Crippen molar-refractivity contribution in [3.8, 4) is 0 Å². The third-order valence-corrected chi connectivity index (χ3v) is 4.26. The second kappa shape index (κ2) is 6.33. The molecular weight excluding hydrogens is 268 g/mol. The van der Waals surface area contributed by atoms with Crippen LogP contribution < -0.4 is 10.6 Å². The van der Waals surface area contributed by atoms with Gasteiger partial charge in [0.1, 0.15) is 5.82 Å². The molecule has 20 heavy (non-hydrogen) atoms. The summed E-state index contributed by atoms with van der Waals surface area (Å²) in [6.07, 6.45) is 0. The van der Waals surface area contributed by atoms with Gasteiger partial charge in [0.2, 0.25) is 0 Å². The first-order chi connectivity index (χ1) is 9.51. The van der Waals surface area contributed by atoms with Crippen LogP contribution in [0.15, 0.2) is 17.6 Å². The molecule has 108 valence electrons. The number of hydrogen-bond donors (Lipinski definition) is 1. The Labute approximate surface area is 124 Å². The molecule has 0 aliphatic carbocycles. The number of hydrogen-bond acceptors (Lipinski definition) is 5. The molecule has 2 aromatic rings. The fraction of sp³-hybridized carbons (Fsp3) is 0.467. The van der Waals surface area contributed by atoms with Crippen LogP contribution in [0.1, 0.15) is 41.6 Å². The van der Waals surface area contributed by atoms with E-state index >= 15 is 0 Å². The molecule has 0 saturated heterocycles. The molecule has 0 saturated carbocycles. The van der Waals surface area contributed by atoms with Gasteiger partial charge in [0, 0.05) is 24.2 Å². The summed E-state index contributed by atoms with van der Waals surface area (Å²) >= 11 is 1.69. The minimum Gasteiger partial charge on any atom is -0.354 e. The quantitative estimate of drug-likeness (QED) is 0.919. The summed E-state index contributed by atoms with van der Waals surface area (Å²) in [4.78, 5) is 12.5. The third-order valence-electron chi connectivity index (χ3n) is 3.34. The van der Waals surface area contributed by atoms with Crippen molar-refractivity contribution in [2.24, 2.45) is 5.73 Å². The Morgan fingerprint density at radius 3 is 2.65 bits per heavy atom. The van der Waals surface area contributed by atoms with Gasteiger partial charge < -0.3 is 10.6 Å². The number of aryl methyl sites for hydroxylation is 1. The molecule has 0 bridgehead atoms. The standard InChI is InChI=1S/C15H22N4S/c1-10(2)13-5-12(7-16)6-15(18-13)19(4)8-14-11(3)17-9-20-14/h5-6,9-10H,7-8,16H2,1-4H3. The Bertz CT molecular complexity index is 577. The van der Waals surface area contributed by atoms with Gasteiger partial charge in [0.25, 0.3) is 0 Å². The summed E-state index contributed by atoms with van der Waals surface area (Å²) < 4.78 is 0. The van der Waals surface area contributed by atoms with Crippen LogP contribution in [0.2, 0.25) is 0 Å². The molecule has 2 heterocycles. The van der Waals surface area contributed by atoms with Crippen LogP contribution in [0.25, 0.3) is 0 Å². The van der Waals surface area contributed by atoms with E-state index in [1.54, 1.807) is 11.3 Å². The van der Waals surface area contributed by atoms with E-state index in [4.69, 9.17) is 10.7 Å². The van der Waals surface area contributed by atoms with Gasteiger partial charge in [-0.15, -0.1) is 11.3 Å². The van der Waals surface area contributed by atoms with Crippen molar-refractivity contribution in [3.05, 3.63) is 39.5 Å². The highest BCUT2D eigenvalue weighted by molar-refractivity contribution is 7.09. The zero-order valence-electron chi connectivity index (χ0n) is 12.6. The van der Waals surface area contributed by atoms with E-state index in [1.807, 2.05) is 12.4 Å². The van der Waals surface area contributed by atoms with E-state index in [0.717, 1.165) is 29.3 Å². The molecule has 0 fully saturated rings. The van der Waals surface area contributed by atoms with E-state index in [1.165, 1.54) is 4.88 Å². The summed E-state index contributed by atoms with van der Waals surface area (Å²) in [6, 6.07) is 4.17. The van der Waals surface area contributed by atoms with Gasteiger partial charge in [-0.2, -0.15) is 0 Å². The summed E-state index contributed by atoms with van der Waals surface area (Å²) in [5.41, 5.74) is 11.0. The van der Waals surface area contributed by atoms with Gasteiger partial charge >= 0.3 is 0 Å². The lowest BCUT2D eigenvalue weighted by molar-refractivity contribution is 0.800. The van der Waals surface area contributed by atoms with Crippen molar-refractivity contribution in [2.75, 3.05) is 11.9 Å². The summed E-state index contributed by atoms with van der Waals surface area (Å²) in [5, 5.41) is 0. The Morgan fingerprint density at radius 1 is 1.35 bits per heavy atom. The largest absolute Gasteiger partial charge is 0.354 e. The zero-order chi connectivity index (χ0) is 14.7. The van der Waals surface area contributed by atoms with Crippen molar-refractivity contribution in [1.82, 2.24) is 9.97 Å². The highest BCUT2D eigenvalue weighted by atomic mass is 32.1. The molecule has 0 radical (unpaired) electrons. The Hall–Kier alpha value is -1.46. The SMILES string of the molecule is Cc1ncsc1CN(C)c1cc(CN)cc(C(C)C)n1. The van der Waals surface area contributed by atoms with E-state index in [-0.39, 0.29) is 0 Å². The second-order valence-electron chi connectivity index (χ2n) is 5.33. The van der Waals surface area contributed by atoms with Gasteiger partial charge in [-0.05, 0) is 30.5 Å². The first-order valence-electron chi connectivity index (χ1n) is 6.82. The number of thiazole rings is 1. The molecule has 0 spiro atoms. The van der Waals surface area contributed by atoms with Gasteiger partial charge in [0.05, 0.1) is 17.7 Å². The number of nitrogens with zero attached hydrogens (tertiary/aromatic N) is 3. The van der Waals surface area contributed by atoms with E-state index in [0.29, 0.717) is 12.5 Å². The van der Waals surface area contributed by atoms with Crippen LogP contribution in [0, 0.1) is 6.92 Å². The van der Waals surface area contributed by atoms with Gasteiger partial charge in [0.15, 0.2) is 0 Å². The van der Waals surface area contributed by atoms with Crippen molar-refractivity contribution < 1.29 is 0 Å². The number of pyridine rings is 1. The lowest BCUT2D eigenvalue weighted by Gasteiger charge is -2.20. The Kier molecular flexibility index (Phi) is 4.73. The van der Waals surface area contributed by atoms with Crippen LogP contribution in [-0.2, 0) is 13.1 Å². The third kappa shape index (κ3) is 3.35. The van der Waals surface area contributed by atoms with Gasteiger partial charge in [-0.3, -0.25) is 0 Å². The maximum atomic E-state index is 5.79. The van der Waals surface area contributed by atoms with Crippen LogP contribution in [0.3, 0.4) is 0 Å². The summed E-state index contributed by atoms with van der Waals surface area (Å²) in [5.74, 6) is 1.38. The first kappa shape index (κ1) is 14.9. The van der Waals surface area contributed by atoms with Crippen molar-refractivity contribution in [2.45, 2.75) is 39.8 Å². The number of nitrogens with two attached hydrogens (primary N) is 1. The summed E-state index contributed by atoms with van der Waals surface area (Å²) in [7, 11) is 2.06. The molecule has 0 aromatic carbocycles. The van der Waals surface area contributed by atoms with Crippen molar-refractivity contribution >= 4 is 17.2 Å². The predicted molar refractivity (Wildman–Crippen MR) is 85.2 cm³/mol. The number of aromatic nitrogens is 2. The number of anilines is 1. The van der Waals surface area contributed by atoms with E-state index in [9.17, 15) is 0 Å². The molecule has 0 atom stereocenters. The molecule has 0 aliphatic rings. The lowest BCUT2D eigenvalue weighted by Crippen LogP contribution is -2.19. The van der Waals surface area contributed by atoms with Crippen LogP contribution in [0.5, 0.6) is 0 Å². The average Bonchev–Trinajstić information content (AvgIpc) is 2.83. The smallest absolute Gasteiger partial charge is 0.129 e. The predicted octanol–water partition coefficient (Wildman–Crippen LogP) is 3.07. The molecule has 2 N–H and O–H groups in total. The Morgan fingerprint density at radius 2 is 2.10 bits per heavy atom. The van der Waals surface area contributed by atoms with Gasteiger partial charge in [-0.25, -0.2) is 9.97 Å². The molecule has 2 rings (SSSR count). The fourth-order valence-electron chi connectivity index (χ4n) is 1.98. The second-order valence-corrected chi connectivity index (χ2v) is 6.27. The highest BCUT2D eigenvalue weighted by Gasteiger charge is 2.11. The minimum absolute atomic E-state index is 0.402. The zero-order valence-corrected chi connectivity index (χ0v) is 13.4. The normalized spacial score (nSPS) is 11.1. The molecule has 0 aliphatic heterocycles. The Balaban J connectivity index is 2.26. The van der Waals surface area contributed by atoms with Crippen molar-refractivity contribution in [1.29, 1.82) is 0 Å². The first-order valence-corrected chi connectivity index (χ1v) is 7.70. The monoisotopic (exact) mass is 290 g/mol. The van der Waals surface area contributed by atoms with Crippen LogP contribution in [-0.4, -0.2) is 17.0 Å². The molecule has 0 amide bonds. The topological polar surface area (TPSA) is 55.0 Å². The molecule has 2 aromatic heterocycles. The van der Waals surface area contributed by atoms with Crippen molar-refractivity contribution in [3.63, 3.8) is 0 Å². The maximum Gasteiger partial charge on any atom is 0.129 e. The van der Waals surface area contributed by atoms with Crippen LogP contribution in [0.4, 0.5) is 5.82 Å². The molecule has 4 nitrogen and oxygen atoms in total. The maximum absolute atomic E-state index is 5.79. The lowest BCUT2D eigenvalue weighted by atomic mass is 10.1. The van der Waals surface area contributed by atoms with Crippen LogP contribution >= 0.6 is 11.3 Å².